The number of amides is 2. The highest BCUT2D eigenvalue weighted by atomic mass is 16.5. The number of methoxy groups -OCH3 is 1. The van der Waals surface area contributed by atoms with Crippen molar-refractivity contribution >= 4 is 17.8 Å². The third-order valence-corrected chi connectivity index (χ3v) is 3.76. The Morgan fingerprint density at radius 1 is 1.29 bits per heavy atom. The van der Waals surface area contributed by atoms with E-state index in [1.165, 1.54) is 4.90 Å². The van der Waals surface area contributed by atoms with Crippen LogP contribution in [0, 0.1) is 11.8 Å². The number of likely N-dealkylation sites (N-methyl/N-ethyl adjacent to an activating group) is 1. The average molecular weight is 300 g/mol. The van der Waals surface area contributed by atoms with E-state index >= 15 is 0 Å². The summed E-state index contributed by atoms with van der Waals surface area (Å²) in [5, 5.41) is 11.7. The molecule has 0 bridgehead atoms. The summed E-state index contributed by atoms with van der Waals surface area (Å²) < 4.78 is 4.82. The quantitative estimate of drug-likeness (QED) is 0.650. The van der Waals surface area contributed by atoms with Crippen molar-refractivity contribution in [2.24, 2.45) is 11.8 Å². The molecule has 0 radical (unpaired) electrons. The van der Waals surface area contributed by atoms with E-state index in [-0.39, 0.29) is 24.3 Å². The van der Waals surface area contributed by atoms with Crippen molar-refractivity contribution < 1.29 is 24.2 Å². The van der Waals surface area contributed by atoms with Crippen LogP contribution >= 0.6 is 0 Å². The largest absolute Gasteiger partial charge is 0.481 e. The van der Waals surface area contributed by atoms with E-state index in [1.54, 1.807) is 14.2 Å². The van der Waals surface area contributed by atoms with Gasteiger partial charge in [-0.2, -0.15) is 0 Å². The van der Waals surface area contributed by atoms with Crippen LogP contribution < -0.4 is 5.32 Å². The molecule has 0 aromatic carbocycles. The topological polar surface area (TPSA) is 95.9 Å². The number of hydrogen-bond acceptors (Lipinski definition) is 4. The lowest BCUT2D eigenvalue weighted by molar-refractivity contribution is -0.146. The van der Waals surface area contributed by atoms with Crippen LogP contribution in [-0.4, -0.2) is 61.6 Å². The Balaban J connectivity index is 2.42. The molecule has 1 aliphatic carbocycles. The maximum absolute atomic E-state index is 12.3. The molecule has 0 spiro atoms. The van der Waals surface area contributed by atoms with Gasteiger partial charge < -0.3 is 20.1 Å². The number of aliphatic carboxylic acids is 1. The van der Waals surface area contributed by atoms with Gasteiger partial charge in [0.25, 0.3) is 0 Å². The van der Waals surface area contributed by atoms with Gasteiger partial charge in [0.1, 0.15) is 0 Å². The summed E-state index contributed by atoms with van der Waals surface area (Å²) in [6, 6.07) is 0. The van der Waals surface area contributed by atoms with Gasteiger partial charge in [0.05, 0.1) is 19.1 Å². The first-order valence-electron chi connectivity index (χ1n) is 7.19. The molecular formula is C14H24N2O5. The first-order valence-corrected chi connectivity index (χ1v) is 7.19. The normalized spacial score (nSPS) is 21.6. The maximum Gasteiger partial charge on any atom is 0.306 e. The van der Waals surface area contributed by atoms with Crippen molar-refractivity contribution in [1.82, 2.24) is 10.2 Å². The molecule has 0 aliphatic heterocycles. The monoisotopic (exact) mass is 300 g/mol. The average Bonchev–Trinajstić information content (AvgIpc) is 2.46. The molecule has 1 fully saturated rings. The van der Waals surface area contributed by atoms with Crippen molar-refractivity contribution in [2.75, 3.05) is 33.9 Å². The Morgan fingerprint density at radius 3 is 2.57 bits per heavy atom. The number of nitrogens with one attached hydrogen (secondary N) is 1. The summed E-state index contributed by atoms with van der Waals surface area (Å²) in [5.41, 5.74) is 0. The Kier molecular flexibility index (Phi) is 7.14. The van der Waals surface area contributed by atoms with Gasteiger partial charge in [0.15, 0.2) is 0 Å². The predicted octanol–water partition coefficient (Wildman–Crippen LogP) is 0.0984. The summed E-state index contributed by atoms with van der Waals surface area (Å²) >= 11 is 0. The molecule has 0 saturated heterocycles. The standard InChI is InChI=1S/C14H24N2O5/c1-16(9-12(17)15-6-7-21-2)13(18)10-4-3-5-11(8-10)14(19)20/h10-11H,3-9H2,1-2H3,(H,15,17)(H,19,20). The fourth-order valence-electron chi connectivity index (χ4n) is 2.59. The Morgan fingerprint density at radius 2 is 1.95 bits per heavy atom. The molecule has 2 atom stereocenters. The molecule has 2 N–H and O–H groups in total. The van der Waals surface area contributed by atoms with Crippen LogP contribution in [0.3, 0.4) is 0 Å². The molecule has 1 aliphatic rings. The van der Waals surface area contributed by atoms with Crippen LogP contribution in [0.25, 0.3) is 0 Å². The second-order valence-corrected chi connectivity index (χ2v) is 5.44. The van der Waals surface area contributed by atoms with Crippen LogP contribution in [-0.2, 0) is 19.1 Å². The van der Waals surface area contributed by atoms with Gasteiger partial charge in [-0.25, -0.2) is 0 Å². The van der Waals surface area contributed by atoms with Crippen LogP contribution in [0.4, 0.5) is 0 Å². The van der Waals surface area contributed by atoms with Crippen molar-refractivity contribution in [3.05, 3.63) is 0 Å². The summed E-state index contributed by atoms with van der Waals surface area (Å²) in [7, 11) is 3.12. The van der Waals surface area contributed by atoms with E-state index < -0.39 is 11.9 Å². The number of hydrogen-bond donors (Lipinski definition) is 2. The van der Waals surface area contributed by atoms with E-state index in [4.69, 9.17) is 9.84 Å². The zero-order chi connectivity index (χ0) is 15.8. The number of carbonyl (C=O) groups excluding carboxylic acids is 2. The lowest BCUT2D eigenvalue weighted by Crippen LogP contribution is -2.43. The summed E-state index contributed by atoms with van der Waals surface area (Å²) in [4.78, 5) is 36.3. The summed E-state index contributed by atoms with van der Waals surface area (Å²) in [6.07, 6.45) is 2.42. The SMILES string of the molecule is COCCNC(=O)CN(C)C(=O)C1CCCC(C(=O)O)C1. The van der Waals surface area contributed by atoms with Gasteiger partial charge in [0.2, 0.25) is 11.8 Å². The number of rotatable bonds is 7. The van der Waals surface area contributed by atoms with E-state index in [2.05, 4.69) is 5.32 Å². The molecule has 2 unspecified atom stereocenters. The highest BCUT2D eigenvalue weighted by Crippen LogP contribution is 2.30. The fraction of sp³-hybridized carbons (Fsp3) is 0.786. The number of ether oxygens (including phenoxy) is 1. The smallest absolute Gasteiger partial charge is 0.306 e. The molecule has 1 rings (SSSR count). The Bertz CT molecular complexity index is 386. The molecule has 0 aromatic rings. The molecule has 1 saturated carbocycles. The van der Waals surface area contributed by atoms with Gasteiger partial charge >= 0.3 is 5.97 Å². The molecule has 2 amide bonds. The van der Waals surface area contributed by atoms with Crippen molar-refractivity contribution in [2.45, 2.75) is 25.7 Å². The minimum Gasteiger partial charge on any atom is -0.481 e. The minimum atomic E-state index is -0.840. The molecule has 21 heavy (non-hydrogen) atoms. The third kappa shape index (κ3) is 5.71. The van der Waals surface area contributed by atoms with Gasteiger partial charge in [-0.3, -0.25) is 14.4 Å². The van der Waals surface area contributed by atoms with Crippen LogP contribution in [0.2, 0.25) is 0 Å². The zero-order valence-corrected chi connectivity index (χ0v) is 12.6. The lowest BCUT2D eigenvalue weighted by Gasteiger charge is -2.29. The first-order chi connectivity index (χ1) is 9.95. The van der Waals surface area contributed by atoms with Crippen molar-refractivity contribution in [1.29, 1.82) is 0 Å². The van der Waals surface area contributed by atoms with Crippen LogP contribution in [0.1, 0.15) is 25.7 Å². The van der Waals surface area contributed by atoms with E-state index in [9.17, 15) is 14.4 Å². The second kappa shape index (κ2) is 8.61. The van der Waals surface area contributed by atoms with Crippen LogP contribution in [0.5, 0.6) is 0 Å². The number of carboxylic acid groups (broad SMARTS) is 1. The highest BCUT2D eigenvalue weighted by Gasteiger charge is 2.32. The number of carboxylic acids is 1. The molecule has 0 aromatic heterocycles. The third-order valence-electron chi connectivity index (χ3n) is 3.76. The minimum absolute atomic E-state index is 0.0171. The van der Waals surface area contributed by atoms with Crippen LogP contribution in [0.15, 0.2) is 0 Å². The molecule has 120 valence electrons. The zero-order valence-electron chi connectivity index (χ0n) is 12.6. The van der Waals surface area contributed by atoms with Gasteiger partial charge in [-0.05, 0) is 19.3 Å². The van der Waals surface area contributed by atoms with Gasteiger partial charge in [-0.15, -0.1) is 0 Å². The summed E-state index contributed by atoms with van der Waals surface area (Å²) in [5.74, 6) is -1.97. The second-order valence-electron chi connectivity index (χ2n) is 5.44. The molecular weight excluding hydrogens is 276 g/mol. The van der Waals surface area contributed by atoms with Gasteiger partial charge in [0, 0.05) is 26.6 Å². The highest BCUT2D eigenvalue weighted by molar-refractivity contribution is 5.86. The fourth-order valence-corrected chi connectivity index (χ4v) is 2.59. The van der Waals surface area contributed by atoms with E-state index in [0.717, 1.165) is 6.42 Å². The van der Waals surface area contributed by atoms with E-state index in [0.29, 0.717) is 32.4 Å². The molecule has 0 heterocycles. The number of nitrogens with zero attached hydrogens (tertiary/aromatic N) is 1. The van der Waals surface area contributed by atoms with Crippen molar-refractivity contribution in [3.63, 3.8) is 0 Å². The Hall–Kier alpha value is -1.63. The molecule has 7 heteroatoms. The van der Waals surface area contributed by atoms with Gasteiger partial charge in [-0.1, -0.05) is 6.42 Å². The predicted molar refractivity (Wildman–Crippen MR) is 75.6 cm³/mol. The first kappa shape index (κ1) is 17.4. The lowest BCUT2D eigenvalue weighted by atomic mass is 9.81. The molecule has 7 nitrogen and oxygen atoms in total. The Labute approximate surface area is 124 Å². The summed E-state index contributed by atoms with van der Waals surface area (Å²) in [6.45, 7) is 0.810. The number of carbonyl (C=O) groups is 3. The van der Waals surface area contributed by atoms with E-state index in [1.807, 2.05) is 0 Å². The maximum atomic E-state index is 12.3. The van der Waals surface area contributed by atoms with Crippen molar-refractivity contribution in [3.8, 4) is 0 Å².